The van der Waals surface area contributed by atoms with Crippen molar-refractivity contribution in [1.29, 1.82) is 0 Å². The van der Waals surface area contributed by atoms with Gasteiger partial charge in [-0.1, -0.05) is 0 Å². The van der Waals surface area contributed by atoms with Crippen molar-refractivity contribution in [2.75, 3.05) is 26.2 Å². The summed E-state index contributed by atoms with van der Waals surface area (Å²) in [7, 11) is 0. The zero-order chi connectivity index (χ0) is 18.7. The van der Waals surface area contributed by atoms with E-state index >= 15 is 0 Å². The normalized spacial score (nSPS) is 15.0. The lowest BCUT2D eigenvalue weighted by atomic mass is 10.1. The first-order chi connectivity index (χ1) is 12.5. The van der Waals surface area contributed by atoms with Gasteiger partial charge in [-0.3, -0.25) is 14.4 Å². The van der Waals surface area contributed by atoms with Gasteiger partial charge in [-0.2, -0.15) is 0 Å². The molecule has 0 unspecified atom stereocenters. The number of aryl methyl sites for hydroxylation is 2. The standard InChI is InChI=1S/C17H21N5O3S/c1-11-13(16(24)20-12(2)19-11)8-15(23)21-4-3-5-22(7-6-21)17(25)14-9-26-10-18-14/h9-10H,3-8H2,1-2H3,(H,19,20,24). The van der Waals surface area contributed by atoms with E-state index in [0.29, 0.717) is 55.4 Å². The van der Waals surface area contributed by atoms with Crippen LogP contribution in [0.15, 0.2) is 15.7 Å². The minimum atomic E-state index is -0.265. The van der Waals surface area contributed by atoms with Crippen LogP contribution in [0.25, 0.3) is 0 Å². The number of carbonyl (C=O) groups is 2. The Morgan fingerprint density at radius 2 is 1.92 bits per heavy atom. The topological polar surface area (TPSA) is 99.3 Å². The van der Waals surface area contributed by atoms with Crippen LogP contribution in [0.1, 0.15) is 34.0 Å². The van der Waals surface area contributed by atoms with Crippen molar-refractivity contribution in [1.82, 2.24) is 24.8 Å². The molecule has 2 aromatic rings. The first kappa shape index (κ1) is 18.2. The van der Waals surface area contributed by atoms with E-state index in [0.717, 1.165) is 0 Å². The van der Waals surface area contributed by atoms with Gasteiger partial charge in [0.15, 0.2) is 0 Å². The molecule has 0 radical (unpaired) electrons. The third-order valence-corrected chi connectivity index (χ3v) is 5.04. The van der Waals surface area contributed by atoms with Gasteiger partial charge in [-0.05, 0) is 20.3 Å². The van der Waals surface area contributed by atoms with E-state index < -0.39 is 0 Å². The average molecular weight is 375 g/mol. The first-order valence-corrected chi connectivity index (χ1v) is 9.41. The molecule has 0 aromatic carbocycles. The summed E-state index contributed by atoms with van der Waals surface area (Å²) < 4.78 is 0. The third kappa shape index (κ3) is 3.98. The van der Waals surface area contributed by atoms with Gasteiger partial charge in [-0.15, -0.1) is 11.3 Å². The van der Waals surface area contributed by atoms with Crippen LogP contribution in [-0.2, 0) is 11.2 Å². The summed E-state index contributed by atoms with van der Waals surface area (Å²) in [4.78, 5) is 51.5. The largest absolute Gasteiger partial charge is 0.341 e. The van der Waals surface area contributed by atoms with E-state index in [1.54, 1.807) is 34.5 Å². The molecule has 1 aliphatic heterocycles. The number of hydrogen-bond donors (Lipinski definition) is 1. The highest BCUT2D eigenvalue weighted by Crippen LogP contribution is 2.11. The monoisotopic (exact) mass is 375 g/mol. The Morgan fingerprint density at radius 3 is 2.62 bits per heavy atom. The molecule has 2 amide bonds. The van der Waals surface area contributed by atoms with Crippen molar-refractivity contribution < 1.29 is 9.59 Å². The van der Waals surface area contributed by atoms with Gasteiger partial charge in [0, 0.05) is 42.8 Å². The SMILES string of the molecule is Cc1nc(C)c(CC(=O)N2CCCN(C(=O)c3cscn3)CC2)c(=O)[nH]1. The molecule has 0 spiro atoms. The average Bonchev–Trinajstić information content (AvgIpc) is 3.01. The van der Waals surface area contributed by atoms with E-state index in [-0.39, 0.29) is 23.8 Å². The fourth-order valence-electron chi connectivity index (χ4n) is 3.07. The molecule has 9 heteroatoms. The van der Waals surface area contributed by atoms with Crippen LogP contribution < -0.4 is 5.56 Å². The molecule has 1 saturated heterocycles. The molecule has 0 bridgehead atoms. The number of thiazole rings is 1. The highest BCUT2D eigenvalue weighted by molar-refractivity contribution is 7.07. The Balaban J connectivity index is 1.65. The lowest BCUT2D eigenvalue weighted by Gasteiger charge is -2.22. The van der Waals surface area contributed by atoms with Crippen molar-refractivity contribution in [3.05, 3.63) is 44.0 Å². The molecule has 2 aromatic heterocycles. The summed E-state index contributed by atoms with van der Waals surface area (Å²) in [5, 5.41) is 1.73. The number of nitrogens with zero attached hydrogens (tertiary/aromatic N) is 4. The van der Waals surface area contributed by atoms with Gasteiger partial charge in [-0.25, -0.2) is 9.97 Å². The minimum Gasteiger partial charge on any atom is -0.341 e. The van der Waals surface area contributed by atoms with Crippen molar-refractivity contribution in [2.45, 2.75) is 26.7 Å². The van der Waals surface area contributed by atoms with E-state index in [4.69, 9.17) is 0 Å². The number of hydrogen-bond acceptors (Lipinski definition) is 6. The van der Waals surface area contributed by atoms with Gasteiger partial charge in [0.05, 0.1) is 11.9 Å². The molecule has 26 heavy (non-hydrogen) atoms. The molecule has 0 saturated carbocycles. The van der Waals surface area contributed by atoms with Crippen LogP contribution in [0.5, 0.6) is 0 Å². The highest BCUT2D eigenvalue weighted by Gasteiger charge is 2.24. The van der Waals surface area contributed by atoms with Crippen LogP contribution in [0, 0.1) is 13.8 Å². The molecule has 0 atom stereocenters. The van der Waals surface area contributed by atoms with Crippen molar-refractivity contribution in [3.63, 3.8) is 0 Å². The maximum absolute atomic E-state index is 12.6. The number of aromatic nitrogens is 3. The summed E-state index contributed by atoms with van der Waals surface area (Å²) in [6, 6.07) is 0. The predicted molar refractivity (Wildman–Crippen MR) is 97.3 cm³/mol. The van der Waals surface area contributed by atoms with Crippen LogP contribution in [0.3, 0.4) is 0 Å². The number of H-pyrrole nitrogens is 1. The zero-order valence-corrected chi connectivity index (χ0v) is 15.6. The second-order valence-corrected chi connectivity index (χ2v) is 7.01. The fourth-order valence-corrected chi connectivity index (χ4v) is 3.60. The lowest BCUT2D eigenvalue weighted by molar-refractivity contribution is -0.130. The van der Waals surface area contributed by atoms with Crippen LogP contribution in [0.2, 0.25) is 0 Å². The van der Waals surface area contributed by atoms with Gasteiger partial charge in [0.1, 0.15) is 11.5 Å². The number of amides is 2. The second kappa shape index (κ2) is 7.77. The maximum Gasteiger partial charge on any atom is 0.273 e. The molecular weight excluding hydrogens is 354 g/mol. The zero-order valence-electron chi connectivity index (χ0n) is 14.8. The van der Waals surface area contributed by atoms with Crippen molar-refractivity contribution in [3.8, 4) is 0 Å². The molecule has 138 valence electrons. The predicted octanol–water partition coefficient (Wildman–Crippen LogP) is 0.760. The van der Waals surface area contributed by atoms with Crippen molar-refractivity contribution in [2.24, 2.45) is 0 Å². The Bertz CT molecular complexity index is 862. The van der Waals surface area contributed by atoms with E-state index in [9.17, 15) is 14.4 Å². The van der Waals surface area contributed by atoms with Crippen molar-refractivity contribution >= 4 is 23.2 Å². The number of aromatic amines is 1. The smallest absolute Gasteiger partial charge is 0.273 e. The minimum absolute atomic E-state index is 0.0223. The highest BCUT2D eigenvalue weighted by atomic mass is 32.1. The summed E-state index contributed by atoms with van der Waals surface area (Å²) in [6.07, 6.45) is 0.720. The van der Waals surface area contributed by atoms with Gasteiger partial charge in [0.25, 0.3) is 11.5 Å². The number of rotatable bonds is 3. The second-order valence-electron chi connectivity index (χ2n) is 6.29. The Labute approximate surface area is 154 Å². The number of carbonyl (C=O) groups excluding carboxylic acids is 2. The molecule has 3 rings (SSSR count). The summed E-state index contributed by atoms with van der Waals surface area (Å²) in [6.45, 7) is 5.51. The van der Waals surface area contributed by atoms with Gasteiger partial charge < -0.3 is 14.8 Å². The Hall–Kier alpha value is -2.55. The summed E-state index contributed by atoms with van der Waals surface area (Å²) in [5.41, 5.74) is 2.80. The van der Waals surface area contributed by atoms with Crippen LogP contribution in [-0.4, -0.2) is 62.7 Å². The van der Waals surface area contributed by atoms with E-state index in [2.05, 4.69) is 15.0 Å². The summed E-state index contributed by atoms with van der Waals surface area (Å²) in [5.74, 6) is 0.317. The maximum atomic E-state index is 12.6. The quantitative estimate of drug-likeness (QED) is 0.854. The lowest BCUT2D eigenvalue weighted by Crippen LogP contribution is -2.38. The summed E-state index contributed by atoms with van der Waals surface area (Å²) >= 11 is 1.39. The van der Waals surface area contributed by atoms with Crippen LogP contribution >= 0.6 is 11.3 Å². The molecule has 1 aliphatic rings. The Kier molecular flexibility index (Phi) is 5.46. The molecule has 1 fully saturated rings. The van der Waals surface area contributed by atoms with E-state index in [1.165, 1.54) is 11.3 Å². The molecule has 0 aliphatic carbocycles. The first-order valence-electron chi connectivity index (χ1n) is 8.47. The van der Waals surface area contributed by atoms with Gasteiger partial charge in [0.2, 0.25) is 5.91 Å². The third-order valence-electron chi connectivity index (χ3n) is 4.46. The molecule has 1 N–H and O–H groups in total. The van der Waals surface area contributed by atoms with Gasteiger partial charge >= 0.3 is 0 Å². The molecule has 8 nitrogen and oxygen atoms in total. The Morgan fingerprint density at radius 1 is 1.19 bits per heavy atom. The molecular formula is C17H21N5O3S. The van der Waals surface area contributed by atoms with E-state index in [1.807, 2.05) is 0 Å². The van der Waals surface area contributed by atoms with Crippen LogP contribution in [0.4, 0.5) is 0 Å². The fraction of sp³-hybridized carbons (Fsp3) is 0.471. The molecule has 3 heterocycles. The number of nitrogens with one attached hydrogen (secondary N) is 1.